The molecule has 0 aliphatic heterocycles. The van der Waals surface area contributed by atoms with Crippen LogP contribution in [0.1, 0.15) is 13.8 Å². The largest absolute Gasteiger partial charge is 0.325 e. The number of carbonyl (C=O) groups excluding carboxylic acids is 2. The lowest BCUT2D eigenvalue weighted by atomic mass is 10.2. The molecule has 2 rings (SSSR count). The number of halogens is 2. The fourth-order valence-electron chi connectivity index (χ4n) is 2.58. The van der Waals surface area contributed by atoms with E-state index in [1.807, 2.05) is 0 Å². The Morgan fingerprint density at radius 1 is 1.10 bits per heavy atom. The van der Waals surface area contributed by atoms with Gasteiger partial charge >= 0.3 is 0 Å². The molecule has 0 heterocycles. The van der Waals surface area contributed by atoms with Gasteiger partial charge in [-0.25, -0.2) is 8.78 Å². The van der Waals surface area contributed by atoms with Gasteiger partial charge in [-0.05, 0) is 37.7 Å². The van der Waals surface area contributed by atoms with Crippen molar-refractivity contribution in [2.75, 3.05) is 23.7 Å². The first-order chi connectivity index (χ1) is 13.7. The van der Waals surface area contributed by atoms with Crippen molar-refractivity contribution in [3.8, 4) is 0 Å². The van der Waals surface area contributed by atoms with Crippen molar-refractivity contribution < 1.29 is 23.3 Å². The number of rotatable bonds is 8. The minimum absolute atomic E-state index is 0.108. The van der Waals surface area contributed by atoms with E-state index in [4.69, 9.17) is 0 Å². The standard InChI is InChI=1S/C19H20F2N4O4/c1-3-24(11-17(26)23-18-15(20)5-4-6-16(18)21)12(2)19(27)22-13-7-9-14(10-8-13)25(28)29/h4-10,12H,3,11H2,1-2H3,(H,22,27)(H,23,26). The monoisotopic (exact) mass is 406 g/mol. The van der Waals surface area contributed by atoms with Gasteiger partial charge < -0.3 is 10.6 Å². The Hall–Kier alpha value is -3.40. The molecule has 0 radical (unpaired) electrons. The van der Waals surface area contributed by atoms with Crippen molar-refractivity contribution in [1.82, 2.24) is 4.90 Å². The van der Waals surface area contributed by atoms with Crippen LogP contribution in [-0.2, 0) is 9.59 Å². The molecule has 1 atom stereocenters. The fraction of sp³-hybridized carbons (Fsp3) is 0.263. The van der Waals surface area contributed by atoms with Gasteiger partial charge in [0, 0.05) is 17.8 Å². The highest BCUT2D eigenvalue weighted by atomic mass is 19.1. The minimum atomic E-state index is -0.898. The summed E-state index contributed by atoms with van der Waals surface area (Å²) in [5, 5.41) is 15.5. The van der Waals surface area contributed by atoms with E-state index in [0.29, 0.717) is 12.2 Å². The van der Waals surface area contributed by atoms with Crippen LogP contribution in [-0.4, -0.2) is 40.8 Å². The van der Waals surface area contributed by atoms with E-state index < -0.39 is 40.1 Å². The van der Waals surface area contributed by atoms with Gasteiger partial charge in [0.25, 0.3) is 5.69 Å². The lowest BCUT2D eigenvalue weighted by Gasteiger charge is -2.26. The molecule has 0 aliphatic carbocycles. The number of hydrogen-bond acceptors (Lipinski definition) is 5. The van der Waals surface area contributed by atoms with Gasteiger partial charge in [0.15, 0.2) is 0 Å². The van der Waals surface area contributed by atoms with E-state index in [-0.39, 0.29) is 12.2 Å². The van der Waals surface area contributed by atoms with Gasteiger partial charge in [0.05, 0.1) is 17.5 Å². The second-order valence-corrected chi connectivity index (χ2v) is 6.18. The van der Waals surface area contributed by atoms with Crippen LogP contribution in [0, 0.1) is 21.7 Å². The molecule has 0 bridgehead atoms. The van der Waals surface area contributed by atoms with Gasteiger partial charge in [0.2, 0.25) is 11.8 Å². The highest BCUT2D eigenvalue weighted by Gasteiger charge is 2.23. The summed E-state index contributed by atoms with van der Waals surface area (Å²) in [5.41, 5.74) is -0.291. The maximum absolute atomic E-state index is 13.7. The molecular formula is C19H20F2N4O4. The van der Waals surface area contributed by atoms with Crippen LogP contribution in [0.4, 0.5) is 25.8 Å². The molecule has 0 saturated carbocycles. The quantitative estimate of drug-likeness (QED) is 0.518. The number of para-hydroxylation sites is 1. The predicted octanol–water partition coefficient (Wildman–Crippen LogP) is 3.16. The summed E-state index contributed by atoms with van der Waals surface area (Å²) in [5.74, 6) is -2.91. The molecule has 0 fully saturated rings. The van der Waals surface area contributed by atoms with E-state index in [0.717, 1.165) is 12.1 Å². The van der Waals surface area contributed by atoms with Crippen LogP contribution in [0.3, 0.4) is 0 Å². The average molecular weight is 406 g/mol. The Kier molecular flexibility index (Phi) is 7.32. The molecular weight excluding hydrogens is 386 g/mol. The molecule has 2 aromatic carbocycles. The summed E-state index contributed by atoms with van der Waals surface area (Å²) in [6, 6.07) is 7.80. The van der Waals surface area contributed by atoms with Crippen LogP contribution in [0.15, 0.2) is 42.5 Å². The number of carbonyl (C=O) groups is 2. The van der Waals surface area contributed by atoms with E-state index in [9.17, 15) is 28.5 Å². The molecule has 0 saturated heterocycles. The van der Waals surface area contributed by atoms with Crippen molar-refractivity contribution in [1.29, 1.82) is 0 Å². The van der Waals surface area contributed by atoms with Crippen LogP contribution in [0.2, 0.25) is 0 Å². The number of anilines is 2. The number of benzene rings is 2. The smallest absolute Gasteiger partial charge is 0.269 e. The van der Waals surface area contributed by atoms with Gasteiger partial charge in [-0.15, -0.1) is 0 Å². The zero-order chi connectivity index (χ0) is 21.6. The maximum atomic E-state index is 13.7. The van der Waals surface area contributed by atoms with Crippen molar-refractivity contribution in [3.05, 3.63) is 64.2 Å². The number of amides is 2. The molecule has 0 spiro atoms. The summed E-state index contributed by atoms with van der Waals surface area (Å²) < 4.78 is 27.3. The molecule has 2 aromatic rings. The zero-order valence-electron chi connectivity index (χ0n) is 15.8. The van der Waals surface area contributed by atoms with Gasteiger partial charge in [-0.2, -0.15) is 0 Å². The van der Waals surface area contributed by atoms with E-state index in [1.54, 1.807) is 13.8 Å². The van der Waals surface area contributed by atoms with Crippen LogP contribution < -0.4 is 10.6 Å². The average Bonchev–Trinajstić information content (AvgIpc) is 2.69. The second-order valence-electron chi connectivity index (χ2n) is 6.18. The Labute approximate surface area is 165 Å². The third-order valence-electron chi connectivity index (χ3n) is 4.25. The summed E-state index contributed by atoms with van der Waals surface area (Å²) >= 11 is 0. The molecule has 0 aliphatic rings. The van der Waals surface area contributed by atoms with E-state index in [2.05, 4.69) is 10.6 Å². The highest BCUT2D eigenvalue weighted by molar-refractivity contribution is 5.96. The molecule has 1 unspecified atom stereocenters. The minimum Gasteiger partial charge on any atom is -0.325 e. The van der Waals surface area contributed by atoms with Crippen LogP contribution in [0.5, 0.6) is 0 Å². The Morgan fingerprint density at radius 2 is 1.69 bits per heavy atom. The molecule has 8 nitrogen and oxygen atoms in total. The molecule has 2 N–H and O–H groups in total. The van der Waals surface area contributed by atoms with Gasteiger partial charge in [-0.3, -0.25) is 24.6 Å². The summed E-state index contributed by atoms with van der Waals surface area (Å²) in [6.45, 7) is 3.36. The summed E-state index contributed by atoms with van der Waals surface area (Å²) in [6.07, 6.45) is 0. The fourth-order valence-corrected chi connectivity index (χ4v) is 2.58. The summed E-state index contributed by atoms with van der Waals surface area (Å²) in [7, 11) is 0. The van der Waals surface area contributed by atoms with Crippen LogP contribution >= 0.6 is 0 Å². The third-order valence-corrected chi connectivity index (χ3v) is 4.25. The van der Waals surface area contributed by atoms with Crippen LogP contribution in [0.25, 0.3) is 0 Å². The topological polar surface area (TPSA) is 105 Å². The number of hydrogen-bond donors (Lipinski definition) is 2. The number of non-ortho nitro benzene ring substituents is 1. The SMILES string of the molecule is CCN(CC(=O)Nc1c(F)cccc1F)C(C)C(=O)Nc1ccc([N+](=O)[O-])cc1. The maximum Gasteiger partial charge on any atom is 0.269 e. The molecule has 10 heteroatoms. The Balaban J connectivity index is 1.99. The normalized spacial score (nSPS) is 11.8. The summed E-state index contributed by atoms with van der Waals surface area (Å²) in [4.78, 5) is 36.3. The molecule has 154 valence electrons. The Bertz CT molecular complexity index is 885. The first-order valence-electron chi connectivity index (χ1n) is 8.76. The number of nitro groups is 1. The van der Waals surface area contributed by atoms with Gasteiger partial charge in [-0.1, -0.05) is 13.0 Å². The number of nitro benzene ring substituents is 1. The highest BCUT2D eigenvalue weighted by Crippen LogP contribution is 2.18. The number of likely N-dealkylation sites (N-methyl/N-ethyl adjacent to an activating group) is 1. The second kappa shape index (κ2) is 9.69. The van der Waals surface area contributed by atoms with E-state index >= 15 is 0 Å². The van der Waals surface area contributed by atoms with Crippen molar-refractivity contribution in [3.63, 3.8) is 0 Å². The lowest BCUT2D eigenvalue weighted by Crippen LogP contribution is -2.45. The molecule has 2 amide bonds. The first-order valence-corrected chi connectivity index (χ1v) is 8.76. The number of nitrogens with one attached hydrogen (secondary N) is 2. The first kappa shape index (κ1) is 21.9. The van der Waals surface area contributed by atoms with Gasteiger partial charge in [0.1, 0.15) is 17.3 Å². The third kappa shape index (κ3) is 5.79. The predicted molar refractivity (Wildman–Crippen MR) is 103 cm³/mol. The van der Waals surface area contributed by atoms with Crippen molar-refractivity contribution >= 4 is 28.9 Å². The van der Waals surface area contributed by atoms with Crippen molar-refractivity contribution in [2.45, 2.75) is 19.9 Å². The molecule has 29 heavy (non-hydrogen) atoms. The zero-order valence-corrected chi connectivity index (χ0v) is 15.8. The molecule has 0 aromatic heterocycles. The van der Waals surface area contributed by atoms with E-state index in [1.165, 1.54) is 35.2 Å². The number of nitrogens with zero attached hydrogens (tertiary/aromatic N) is 2. The van der Waals surface area contributed by atoms with Crippen molar-refractivity contribution in [2.24, 2.45) is 0 Å². The Morgan fingerprint density at radius 3 is 2.21 bits per heavy atom. The lowest BCUT2D eigenvalue weighted by molar-refractivity contribution is -0.384.